The monoisotopic (exact) mass is 1420 g/mol. The van der Waals surface area contributed by atoms with Gasteiger partial charge in [-0.3, -0.25) is 57.5 Å². The third kappa shape index (κ3) is 19.3. The van der Waals surface area contributed by atoms with Gasteiger partial charge < -0.3 is 64.8 Å². The molecule has 4 aliphatic heterocycles. The minimum Gasteiger partial charge on any atom is -0.382 e. The molecule has 3 saturated carbocycles. The molecule has 99 heavy (non-hydrogen) atoms. The maximum absolute atomic E-state index is 15.4. The molecule has 0 aromatic heterocycles. The van der Waals surface area contributed by atoms with Gasteiger partial charge in [-0.15, -0.1) is 11.6 Å². The predicted octanol–water partition coefficient (Wildman–Crippen LogP) is 4.69. The van der Waals surface area contributed by atoms with Crippen LogP contribution in [0.4, 0.5) is 13.2 Å². The van der Waals surface area contributed by atoms with E-state index >= 15 is 19.2 Å². The third-order valence-corrected chi connectivity index (χ3v) is 22.9. The first-order chi connectivity index (χ1) is 46.6. The Balaban J connectivity index is 1.26. The number of hydrogen-bond acceptors (Lipinski definition) is 13. The first-order valence-electron chi connectivity index (χ1n) is 36.2. The van der Waals surface area contributed by atoms with Crippen molar-refractivity contribution in [3.05, 3.63) is 0 Å². The van der Waals surface area contributed by atoms with E-state index < -0.39 is 167 Å². The molecular weight excluding hydrogens is 1310 g/mol. The Morgan fingerprint density at radius 3 is 1.83 bits per heavy atom. The molecule has 12 atom stereocenters. The van der Waals surface area contributed by atoms with Crippen molar-refractivity contribution in [2.24, 2.45) is 29.6 Å². The highest BCUT2D eigenvalue weighted by Gasteiger charge is 2.52. The largest absolute Gasteiger partial charge is 0.393 e. The van der Waals surface area contributed by atoms with Gasteiger partial charge in [-0.1, -0.05) is 72.6 Å². The predicted molar refractivity (Wildman–Crippen MR) is 362 cm³/mol. The Bertz CT molecular complexity index is 2910. The number of likely N-dealkylation sites (N-methyl/N-ethyl adjacent to an activating group) is 6. The van der Waals surface area contributed by atoms with Crippen LogP contribution in [0.5, 0.6) is 0 Å². The highest BCUT2D eigenvalue weighted by Crippen LogP contribution is 2.44. The van der Waals surface area contributed by atoms with Crippen LogP contribution in [0.15, 0.2) is 0 Å². The second-order valence-corrected chi connectivity index (χ2v) is 30.8. The summed E-state index contributed by atoms with van der Waals surface area (Å²) in [5.41, 5.74) is -1.57. The van der Waals surface area contributed by atoms with Crippen LogP contribution in [0.25, 0.3) is 0 Å². The van der Waals surface area contributed by atoms with Gasteiger partial charge in [0.1, 0.15) is 59.9 Å². The summed E-state index contributed by atoms with van der Waals surface area (Å²) in [6.07, 6.45) is 3.98. The molecule has 3 aliphatic carbocycles. The molecule has 3 N–H and O–H groups in total. The van der Waals surface area contributed by atoms with Crippen LogP contribution in [-0.4, -0.2) is 275 Å². The third-order valence-electron chi connectivity index (χ3n) is 22.4. The van der Waals surface area contributed by atoms with Crippen LogP contribution in [0, 0.1) is 29.6 Å². The van der Waals surface area contributed by atoms with Gasteiger partial charge in [0.15, 0.2) is 0 Å². The number of hydrogen-bond donors (Lipinski definition) is 3. The summed E-state index contributed by atoms with van der Waals surface area (Å²) in [7, 11) is 9.86. The van der Waals surface area contributed by atoms with Crippen molar-refractivity contribution in [3.63, 3.8) is 0 Å². The number of nitrogens with one attached hydrogen (secondary N) is 3. The fourth-order valence-electron chi connectivity index (χ4n) is 16.2. The summed E-state index contributed by atoms with van der Waals surface area (Å²) >= 11 is 6.40. The molecule has 0 radical (unpaired) electrons. The van der Waals surface area contributed by atoms with E-state index in [9.17, 15) is 51.5 Å². The molecule has 0 aromatic rings. The fourth-order valence-corrected chi connectivity index (χ4v) is 16.7. The lowest BCUT2D eigenvalue weighted by Gasteiger charge is -2.45. The maximum Gasteiger partial charge on any atom is 0.393 e. The number of carbonyl (C=O) groups is 12. The normalized spacial score (nSPS) is 30.8. The van der Waals surface area contributed by atoms with Crippen molar-refractivity contribution >= 4 is 82.5 Å². The van der Waals surface area contributed by atoms with Crippen LogP contribution in [-0.2, 0) is 62.3 Å². The quantitative estimate of drug-likeness (QED) is 0.237. The SMILES string of the molecule is COC[C@@H]1NC(=O)[C@H](CC(C)C)N(C)C(=O)C[C@@H](C(=O)N2CCCCC2)N(C)C(=O)[C@H](C(C)C)N(C)C(=O)C2(CCCC2)NC(=O)[C@@H]2CCCN2C(=O)[C@H](CCC2CCC(C(F)(F)F)C(Cl)C2)NC(=O)CN(C)C(=O)[C@H](CC2CCCCC2)N(C)C(=O)[C@@H]2CCN2C(=O)[C@H](C)N(C)C1=O. The smallest absolute Gasteiger partial charge is 0.382 e. The second kappa shape index (κ2) is 35.0. The van der Waals surface area contributed by atoms with E-state index in [-0.39, 0.29) is 108 Å². The number of carbonyl (C=O) groups excluding carboxylic acids is 12. The Morgan fingerprint density at radius 1 is 0.606 bits per heavy atom. The summed E-state index contributed by atoms with van der Waals surface area (Å²) in [4.78, 5) is 191. The van der Waals surface area contributed by atoms with E-state index in [0.29, 0.717) is 45.2 Å². The molecule has 558 valence electrons. The minimum absolute atomic E-state index is 0.00243. The lowest BCUT2D eigenvalue weighted by Crippen LogP contribution is -2.65. The maximum atomic E-state index is 15.4. The topological polar surface area (TPSA) is 279 Å². The van der Waals surface area contributed by atoms with Crippen LogP contribution in [0.3, 0.4) is 0 Å². The molecule has 7 rings (SSSR count). The van der Waals surface area contributed by atoms with Gasteiger partial charge in [-0.25, -0.2) is 0 Å². The van der Waals surface area contributed by atoms with Gasteiger partial charge in [0.2, 0.25) is 70.9 Å². The first-order valence-corrected chi connectivity index (χ1v) is 36.7. The zero-order chi connectivity index (χ0) is 73.1. The molecule has 1 spiro atoms. The van der Waals surface area contributed by atoms with Crippen LogP contribution in [0.1, 0.15) is 182 Å². The van der Waals surface area contributed by atoms with E-state index in [4.69, 9.17) is 16.3 Å². The fraction of sp³-hybridized carbons (Fsp3) is 0.829. The van der Waals surface area contributed by atoms with Crippen molar-refractivity contribution in [3.8, 4) is 0 Å². The average molecular weight is 1420 g/mol. The minimum atomic E-state index is -4.51. The zero-order valence-electron chi connectivity index (χ0n) is 60.5. The summed E-state index contributed by atoms with van der Waals surface area (Å²) in [5, 5.41) is 7.42. The number of likely N-dealkylation sites (tertiary alicyclic amines) is 1. The van der Waals surface area contributed by atoms with Gasteiger partial charge in [0.25, 0.3) is 0 Å². The van der Waals surface area contributed by atoms with E-state index in [1.165, 1.54) is 90.6 Å². The Morgan fingerprint density at radius 2 is 1.24 bits per heavy atom. The number of ether oxygens (including phenoxy) is 1. The van der Waals surface area contributed by atoms with Gasteiger partial charge in [0, 0.05) is 81.0 Å². The van der Waals surface area contributed by atoms with Crippen molar-refractivity contribution in [2.45, 2.75) is 254 Å². The second-order valence-electron chi connectivity index (χ2n) is 30.2. The summed E-state index contributed by atoms with van der Waals surface area (Å²) in [6, 6.07) is -11.1. The number of rotatable bonds is 11. The van der Waals surface area contributed by atoms with Crippen LogP contribution >= 0.6 is 11.6 Å². The molecule has 4 saturated heterocycles. The lowest BCUT2D eigenvalue weighted by atomic mass is 9.78. The van der Waals surface area contributed by atoms with Crippen molar-refractivity contribution in [2.75, 3.05) is 88.7 Å². The highest BCUT2D eigenvalue weighted by atomic mass is 35.5. The number of amides is 12. The molecule has 25 nitrogen and oxygen atoms in total. The number of alkyl halides is 4. The van der Waals surface area contributed by atoms with E-state index in [2.05, 4.69) is 16.0 Å². The van der Waals surface area contributed by atoms with Crippen molar-refractivity contribution in [1.82, 2.24) is 60.0 Å². The standard InChI is InChI=1S/C70H112ClF3N12O13/c1-42(2)36-53-59(89)76-50(41-99-12)62(92)79(7)44(5)61(91)86-35-29-52(86)65(95)81(9)54(38-45-22-15-13-16-23-45)64(94)78(6)40-56(87)75-49(28-26-46-25-27-47(48(71)37-46)70(72,73)74)63(93)85-34-21-24-51(85)60(90)77-69(30-17-18-31-69)68(98)83(11)58(43(3)4)67(97)82(10)55(39-57(88)80(53)8)66(96)84-32-19-14-20-33-84/h42-55,58H,13-41H2,1-12H3,(H,75,87)(H,76,89)(H,77,90)/t44-,46?,47?,48?,49-,50-,51-,52-,53-,54-,55-,58-/m0/s1. The molecule has 7 fully saturated rings. The van der Waals surface area contributed by atoms with Crippen LogP contribution < -0.4 is 16.0 Å². The van der Waals surface area contributed by atoms with Gasteiger partial charge in [0.05, 0.1) is 25.5 Å². The number of methoxy groups -OCH3 is 1. The highest BCUT2D eigenvalue weighted by molar-refractivity contribution is 6.21. The Kier molecular flexibility index (Phi) is 28.3. The van der Waals surface area contributed by atoms with Gasteiger partial charge >= 0.3 is 6.18 Å². The van der Waals surface area contributed by atoms with E-state index in [0.717, 1.165) is 43.4 Å². The first kappa shape index (κ1) is 80.0. The Labute approximate surface area is 587 Å². The summed E-state index contributed by atoms with van der Waals surface area (Å²) in [6.45, 7) is 8.62. The Hall–Kier alpha value is -6.32. The van der Waals surface area contributed by atoms with Crippen LogP contribution in [0.2, 0.25) is 0 Å². The van der Waals surface area contributed by atoms with Gasteiger partial charge in [-0.2, -0.15) is 13.2 Å². The molecule has 4 heterocycles. The molecular formula is C70H112ClF3N12O13. The van der Waals surface area contributed by atoms with Crippen molar-refractivity contribution in [1.29, 1.82) is 0 Å². The lowest BCUT2D eigenvalue weighted by molar-refractivity contribution is -0.182. The molecule has 29 heteroatoms. The summed E-state index contributed by atoms with van der Waals surface area (Å²) in [5.74, 6) is -10.6. The number of halogens is 4. The zero-order valence-corrected chi connectivity index (χ0v) is 61.3. The number of nitrogens with zero attached hydrogens (tertiary/aromatic N) is 9. The van der Waals surface area contributed by atoms with Crippen molar-refractivity contribution < 1.29 is 75.4 Å². The number of fused-ring (bicyclic) bond motifs is 2. The molecule has 7 aliphatic rings. The summed E-state index contributed by atoms with van der Waals surface area (Å²) < 4.78 is 47.5. The van der Waals surface area contributed by atoms with E-state index in [1.807, 2.05) is 13.8 Å². The molecule has 3 unspecified atom stereocenters. The van der Waals surface area contributed by atoms with Gasteiger partial charge in [-0.05, 0) is 127 Å². The molecule has 0 aromatic carbocycles. The molecule has 0 bridgehead atoms. The van der Waals surface area contributed by atoms with E-state index in [1.54, 1.807) is 18.7 Å². The molecule has 12 amide bonds. The number of piperidine rings is 1. The average Bonchev–Trinajstić information content (AvgIpc) is 1.22.